The number of benzene rings is 1. The molecule has 0 amide bonds. The van der Waals surface area contributed by atoms with Gasteiger partial charge >= 0.3 is 0 Å². The van der Waals surface area contributed by atoms with E-state index in [4.69, 9.17) is 8.92 Å². The van der Waals surface area contributed by atoms with Gasteiger partial charge < -0.3 is 9.84 Å². The minimum atomic E-state index is -3.76. The number of aliphatic hydroxyl groups is 1. The molecular weight excluding hydrogens is 484 g/mol. The van der Waals surface area contributed by atoms with Crippen molar-refractivity contribution in [2.45, 2.75) is 96.0 Å². The second-order valence-electron chi connectivity index (χ2n) is 14.0. The zero-order valence-electron chi connectivity index (χ0n) is 23.5. The molecule has 4 aliphatic carbocycles. The van der Waals surface area contributed by atoms with Crippen LogP contribution in [0.2, 0.25) is 0 Å². The van der Waals surface area contributed by atoms with Crippen molar-refractivity contribution in [1.82, 2.24) is 0 Å². The highest BCUT2D eigenvalue weighted by Gasteiger charge is 2.60. The van der Waals surface area contributed by atoms with E-state index in [0.717, 1.165) is 49.0 Å². The van der Waals surface area contributed by atoms with Gasteiger partial charge in [0.15, 0.2) is 0 Å². The molecule has 0 bridgehead atoms. The van der Waals surface area contributed by atoms with Crippen LogP contribution in [0.15, 0.2) is 29.2 Å². The van der Waals surface area contributed by atoms with Crippen molar-refractivity contribution in [2.24, 2.45) is 46.3 Å². The third-order valence-corrected chi connectivity index (χ3v) is 12.6. The molecule has 4 aliphatic rings. The summed E-state index contributed by atoms with van der Waals surface area (Å²) in [4.78, 5) is 0.242. The Bertz CT molecular complexity index is 1070. The van der Waals surface area contributed by atoms with Gasteiger partial charge in [0.25, 0.3) is 10.1 Å². The van der Waals surface area contributed by atoms with E-state index in [9.17, 15) is 13.5 Å². The van der Waals surface area contributed by atoms with Crippen molar-refractivity contribution < 1.29 is 22.4 Å². The van der Waals surface area contributed by atoms with Crippen molar-refractivity contribution in [1.29, 1.82) is 0 Å². The fraction of sp³-hybridized carbons (Fsp3) is 0.806. The van der Waals surface area contributed by atoms with Crippen LogP contribution in [0.4, 0.5) is 0 Å². The van der Waals surface area contributed by atoms with Crippen molar-refractivity contribution in [3.05, 3.63) is 29.8 Å². The zero-order valence-corrected chi connectivity index (χ0v) is 24.4. The molecule has 8 atom stereocenters. The van der Waals surface area contributed by atoms with Gasteiger partial charge in [0.2, 0.25) is 0 Å². The molecule has 1 N–H and O–H groups in total. The number of ether oxygens (including phenoxy) is 1. The van der Waals surface area contributed by atoms with Gasteiger partial charge in [-0.3, -0.25) is 4.18 Å². The second-order valence-corrected chi connectivity index (χ2v) is 15.6. The molecule has 208 valence electrons. The van der Waals surface area contributed by atoms with Crippen LogP contribution >= 0.6 is 0 Å². The molecule has 0 aromatic heterocycles. The van der Waals surface area contributed by atoms with Crippen molar-refractivity contribution in [2.75, 3.05) is 20.3 Å². The fourth-order valence-corrected chi connectivity index (χ4v) is 10.8. The fourth-order valence-electron chi connectivity index (χ4n) is 9.75. The third kappa shape index (κ3) is 5.05. The summed E-state index contributed by atoms with van der Waals surface area (Å²) in [6, 6.07) is 6.93. The van der Waals surface area contributed by atoms with Gasteiger partial charge in [-0.1, -0.05) is 38.5 Å². The first kappa shape index (κ1) is 27.6. The summed E-state index contributed by atoms with van der Waals surface area (Å²) in [5.74, 6) is 4.10. The Kier molecular flexibility index (Phi) is 7.39. The van der Waals surface area contributed by atoms with Gasteiger partial charge in [0.1, 0.15) is 0 Å². The van der Waals surface area contributed by atoms with Gasteiger partial charge in [-0.05, 0) is 123 Å². The average Bonchev–Trinajstić information content (AvgIpc) is 3.21. The number of rotatable bonds is 7. The molecule has 5 nitrogen and oxygen atoms in total. The summed E-state index contributed by atoms with van der Waals surface area (Å²) in [7, 11) is -2.07. The average molecular weight is 533 g/mol. The Labute approximate surface area is 224 Å². The highest BCUT2D eigenvalue weighted by molar-refractivity contribution is 7.86. The number of hydrogen-bond acceptors (Lipinski definition) is 5. The molecular formula is C31H48O5S. The number of hydrogen-bond donors (Lipinski definition) is 1. The van der Waals surface area contributed by atoms with E-state index in [1.807, 2.05) is 19.1 Å². The molecule has 0 unspecified atom stereocenters. The Morgan fingerprint density at radius 2 is 1.68 bits per heavy atom. The van der Waals surface area contributed by atoms with Crippen LogP contribution in [-0.4, -0.2) is 39.4 Å². The van der Waals surface area contributed by atoms with E-state index in [1.54, 1.807) is 19.2 Å². The molecule has 0 heterocycles. The topological polar surface area (TPSA) is 72.8 Å². The summed E-state index contributed by atoms with van der Waals surface area (Å²) in [6.07, 6.45) is 10.3. The number of fused-ring (bicyclic) bond motifs is 5. The Morgan fingerprint density at radius 3 is 2.38 bits per heavy atom. The summed E-state index contributed by atoms with van der Waals surface area (Å²) in [5.41, 5.74) is 0.424. The summed E-state index contributed by atoms with van der Waals surface area (Å²) in [5, 5.41) is 11.0. The lowest BCUT2D eigenvalue weighted by Gasteiger charge is -2.58. The highest BCUT2D eigenvalue weighted by Crippen LogP contribution is 2.67. The minimum Gasteiger partial charge on any atom is -0.387 e. The van der Waals surface area contributed by atoms with Gasteiger partial charge in [-0.15, -0.1) is 0 Å². The molecule has 0 radical (unpaired) electrons. The minimum absolute atomic E-state index is 0.215. The van der Waals surface area contributed by atoms with Crippen molar-refractivity contribution in [3.8, 4) is 0 Å². The molecule has 0 saturated heterocycles. The van der Waals surface area contributed by atoms with Gasteiger partial charge in [0.05, 0.1) is 23.7 Å². The normalized spacial score (nSPS) is 40.1. The third-order valence-electron chi connectivity index (χ3n) is 11.4. The summed E-state index contributed by atoms with van der Waals surface area (Å²) < 4.78 is 36.9. The maximum absolute atomic E-state index is 12.9. The quantitative estimate of drug-likeness (QED) is 0.413. The molecule has 4 fully saturated rings. The van der Waals surface area contributed by atoms with Gasteiger partial charge in [-0.25, -0.2) is 0 Å². The lowest BCUT2D eigenvalue weighted by atomic mass is 9.47. The van der Waals surface area contributed by atoms with E-state index in [-0.39, 0.29) is 22.3 Å². The van der Waals surface area contributed by atoms with Crippen LogP contribution in [0, 0.1) is 53.3 Å². The standard InChI is InChI=1S/C31H48O5S/c1-21-6-9-23(10-7-21)37(33,34)36-19-29(2,3)28-13-12-27-26-11-8-22-18-31(32,20-35-5)17-15-24(22)25(26)14-16-30(27,28)4/h6-7,9-10,22,24-28,32H,8,11-20H2,1-5H3/t22-,24+,25-,26-,27+,28-,30+,31-/m1/s1. The molecule has 1 aromatic rings. The van der Waals surface area contributed by atoms with E-state index in [1.165, 1.54) is 32.1 Å². The maximum Gasteiger partial charge on any atom is 0.296 e. The van der Waals surface area contributed by atoms with Crippen LogP contribution in [0.1, 0.15) is 84.1 Å². The van der Waals surface area contributed by atoms with Gasteiger partial charge in [-0.2, -0.15) is 8.42 Å². The largest absolute Gasteiger partial charge is 0.387 e. The Morgan fingerprint density at radius 1 is 0.973 bits per heavy atom. The van der Waals surface area contributed by atoms with Crippen molar-refractivity contribution in [3.63, 3.8) is 0 Å². The first-order valence-corrected chi connectivity index (χ1v) is 16.0. The smallest absolute Gasteiger partial charge is 0.296 e. The van der Waals surface area contributed by atoms with E-state index in [0.29, 0.717) is 24.4 Å². The predicted octanol–water partition coefficient (Wildman–Crippen LogP) is 6.37. The van der Waals surface area contributed by atoms with Gasteiger partial charge in [0, 0.05) is 7.11 Å². The van der Waals surface area contributed by atoms with Crippen LogP contribution in [0.25, 0.3) is 0 Å². The molecule has 5 rings (SSSR count). The lowest BCUT2D eigenvalue weighted by molar-refractivity contribution is -0.129. The molecule has 0 aliphatic heterocycles. The first-order valence-electron chi connectivity index (χ1n) is 14.6. The predicted molar refractivity (Wildman–Crippen MR) is 146 cm³/mol. The molecule has 37 heavy (non-hydrogen) atoms. The second kappa shape index (κ2) is 9.91. The Balaban J connectivity index is 1.27. The highest BCUT2D eigenvalue weighted by atomic mass is 32.2. The van der Waals surface area contributed by atoms with E-state index in [2.05, 4.69) is 20.8 Å². The molecule has 4 saturated carbocycles. The van der Waals surface area contributed by atoms with E-state index < -0.39 is 15.7 Å². The lowest BCUT2D eigenvalue weighted by Crippen LogP contribution is -2.53. The van der Waals surface area contributed by atoms with Crippen LogP contribution < -0.4 is 0 Å². The maximum atomic E-state index is 12.9. The van der Waals surface area contributed by atoms with Crippen LogP contribution in [0.3, 0.4) is 0 Å². The summed E-state index contributed by atoms with van der Waals surface area (Å²) in [6.45, 7) is 9.59. The SMILES string of the molecule is COC[C@@]1(O)CC[C@H]2[C@H](CC[C@@H]3[C@@H]2CC[C@]2(C)[C@@H](C(C)(C)COS(=O)(=O)c4ccc(C)cc4)CC[C@@H]32)C1. The van der Waals surface area contributed by atoms with Crippen LogP contribution in [-0.2, 0) is 19.0 Å². The zero-order chi connectivity index (χ0) is 26.6. The van der Waals surface area contributed by atoms with E-state index >= 15 is 0 Å². The number of methoxy groups -OCH3 is 1. The van der Waals surface area contributed by atoms with Crippen LogP contribution in [0.5, 0.6) is 0 Å². The molecule has 1 aromatic carbocycles. The monoisotopic (exact) mass is 532 g/mol. The molecule has 0 spiro atoms. The Hall–Kier alpha value is -0.950. The first-order chi connectivity index (χ1) is 17.4. The molecule has 6 heteroatoms. The number of aryl methyl sites for hydroxylation is 1. The summed E-state index contributed by atoms with van der Waals surface area (Å²) >= 11 is 0. The van der Waals surface area contributed by atoms with Crippen molar-refractivity contribution >= 4 is 10.1 Å².